The van der Waals surface area contributed by atoms with Gasteiger partial charge in [-0.3, -0.25) is 9.48 Å². The molecule has 0 bridgehead atoms. The zero-order valence-corrected chi connectivity index (χ0v) is 21.3. The van der Waals surface area contributed by atoms with Crippen LogP contribution in [-0.2, 0) is 22.4 Å². The van der Waals surface area contributed by atoms with Crippen molar-refractivity contribution >= 4 is 5.91 Å². The molecule has 2 aliphatic rings. The van der Waals surface area contributed by atoms with Gasteiger partial charge in [-0.1, -0.05) is 13.8 Å². The monoisotopic (exact) mass is 496 g/mol. The molecule has 0 aromatic carbocycles. The molecule has 0 spiro atoms. The van der Waals surface area contributed by atoms with Gasteiger partial charge in [-0.2, -0.15) is 10.2 Å². The van der Waals surface area contributed by atoms with E-state index in [4.69, 9.17) is 19.7 Å². The number of aromatic nitrogens is 5. The summed E-state index contributed by atoms with van der Waals surface area (Å²) in [5.74, 6) is -0.382. The molecule has 0 radical (unpaired) electrons. The average Bonchev–Trinajstić information content (AvgIpc) is 3.39. The molecule has 2 unspecified atom stereocenters. The van der Waals surface area contributed by atoms with Crippen molar-refractivity contribution in [1.82, 2.24) is 29.4 Å². The summed E-state index contributed by atoms with van der Waals surface area (Å²) in [5, 5.41) is 9.69. The largest absolute Gasteiger partial charge is 0.479 e. The molecule has 1 fully saturated rings. The summed E-state index contributed by atoms with van der Waals surface area (Å²) < 4.78 is 29.0. The average molecular weight is 497 g/mol. The van der Waals surface area contributed by atoms with Crippen molar-refractivity contribution in [1.29, 1.82) is 0 Å². The Morgan fingerprint density at radius 2 is 2.06 bits per heavy atom. The van der Waals surface area contributed by atoms with Gasteiger partial charge in [0, 0.05) is 55.2 Å². The number of hydrogen-bond donors (Lipinski definition) is 0. The smallest absolute Gasteiger partial charge is 0.250 e. The Bertz CT molecular complexity index is 1270. The number of nitrogens with zero attached hydrogens (tertiary/aromatic N) is 6. The summed E-state index contributed by atoms with van der Waals surface area (Å²) in [5.41, 5.74) is 4.29. The van der Waals surface area contributed by atoms with Crippen LogP contribution in [0.2, 0.25) is 0 Å². The van der Waals surface area contributed by atoms with Crippen LogP contribution in [0, 0.1) is 11.2 Å². The van der Waals surface area contributed by atoms with Gasteiger partial charge in [-0.05, 0) is 19.3 Å². The topological polar surface area (TPSA) is 87.3 Å². The third-order valence-corrected chi connectivity index (χ3v) is 7.62. The van der Waals surface area contributed by atoms with Crippen molar-refractivity contribution in [2.75, 3.05) is 33.9 Å². The standard InChI is InChI=1S/C26H33FN6O3/c1-5-22(26(2)9-6-23(34)31(3)16-26)32-15-17(13-29-32)24-19-7-10-36-11-8-21(19)33(30-24)18-12-20(27)25(35-4)28-14-18/h12-15,22H,5-11,16H2,1-4H3. The first-order chi connectivity index (χ1) is 17.3. The molecule has 2 atom stereocenters. The number of hydrogen-bond acceptors (Lipinski definition) is 6. The van der Waals surface area contributed by atoms with Crippen LogP contribution < -0.4 is 4.74 Å². The van der Waals surface area contributed by atoms with Gasteiger partial charge in [0.2, 0.25) is 11.8 Å². The van der Waals surface area contributed by atoms with Crippen LogP contribution in [0.4, 0.5) is 4.39 Å². The zero-order valence-electron chi connectivity index (χ0n) is 21.3. The van der Waals surface area contributed by atoms with Crippen LogP contribution in [-0.4, -0.2) is 69.3 Å². The quantitative estimate of drug-likeness (QED) is 0.518. The fourth-order valence-electron chi connectivity index (χ4n) is 5.77. The third-order valence-electron chi connectivity index (χ3n) is 7.62. The molecule has 0 saturated carbocycles. The number of likely N-dealkylation sites (tertiary alicyclic amines) is 1. The molecular formula is C26H33FN6O3. The lowest BCUT2D eigenvalue weighted by Gasteiger charge is -2.43. The van der Waals surface area contributed by atoms with E-state index >= 15 is 0 Å². The second kappa shape index (κ2) is 9.65. The molecule has 3 aromatic heterocycles. The minimum Gasteiger partial charge on any atom is -0.479 e. The van der Waals surface area contributed by atoms with Crippen molar-refractivity contribution in [2.45, 2.75) is 52.0 Å². The Labute approximate surface area is 210 Å². The van der Waals surface area contributed by atoms with E-state index in [9.17, 15) is 9.18 Å². The van der Waals surface area contributed by atoms with Crippen molar-refractivity contribution < 1.29 is 18.7 Å². The Morgan fingerprint density at radius 3 is 2.78 bits per heavy atom. The Balaban J connectivity index is 1.53. The van der Waals surface area contributed by atoms with E-state index < -0.39 is 5.82 Å². The predicted molar refractivity (Wildman–Crippen MR) is 132 cm³/mol. The number of amides is 1. The Morgan fingerprint density at radius 1 is 1.25 bits per heavy atom. The van der Waals surface area contributed by atoms with E-state index in [0.717, 1.165) is 35.4 Å². The molecule has 9 nitrogen and oxygen atoms in total. The minimum atomic E-state index is -0.534. The molecule has 0 N–H and O–H groups in total. The third kappa shape index (κ3) is 4.27. The molecule has 5 heterocycles. The number of methoxy groups -OCH3 is 1. The fraction of sp³-hybridized carbons (Fsp3) is 0.538. The van der Waals surface area contributed by atoms with Crippen LogP contribution >= 0.6 is 0 Å². The molecule has 10 heteroatoms. The van der Waals surface area contributed by atoms with Crippen molar-refractivity contribution in [3.05, 3.63) is 41.7 Å². The molecule has 1 amide bonds. The summed E-state index contributed by atoms with van der Waals surface area (Å²) in [4.78, 5) is 18.0. The molecule has 192 valence electrons. The normalized spacial score (nSPS) is 21.2. The SMILES string of the molecule is CCC(n1cc(-c2nn(-c3cnc(OC)c(F)c3)c3c2CCOCC3)cn1)C1(C)CCC(=O)N(C)C1. The van der Waals surface area contributed by atoms with Crippen LogP contribution in [0.1, 0.15) is 50.4 Å². The van der Waals surface area contributed by atoms with Gasteiger partial charge in [0.1, 0.15) is 0 Å². The number of rotatable bonds is 6. The summed E-state index contributed by atoms with van der Waals surface area (Å²) in [6.45, 7) is 6.29. The van der Waals surface area contributed by atoms with Gasteiger partial charge in [0.25, 0.3) is 0 Å². The Kier molecular flexibility index (Phi) is 6.55. The highest BCUT2D eigenvalue weighted by atomic mass is 19.1. The molecule has 36 heavy (non-hydrogen) atoms. The summed E-state index contributed by atoms with van der Waals surface area (Å²) in [7, 11) is 3.27. The molecule has 5 rings (SSSR count). The lowest BCUT2D eigenvalue weighted by atomic mass is 9.74. The first kappa shape index (κ1) is 24.4. The maximum absolute atomic E-state index is 14.5. The van der Waals surface area contributed by atoms with E-state index in [1.165, 1.54) is 13.2 Å². The van der Waals surface area contributed by atoms with E-state index in [1.54, 1.807) is 10.9 Å². The molecule has 2 aliphatic heterocycles. The van der Waals surface area contributed by atoms with Gasteiger partial charge >= 0.3 is 0 Å². The Hall–Kier alpha value is -3.27. The van der Waals surface area contributed by atoms with E-state index in [0.29, 0.717) is 44.7 Å². The van der Waals surface area contributed by atoms with E-state index in [-0.39, 0.29) is 23.2 Å². The summed E-state index contributed by atoms with van der Waals surface area (Å²) in [6, 6.07) is 1.54. The number of carbonyl (C=O) groups is 1. The van der Waals surface area contributed by atoms with Gasteiger partial charge in [-0.25, -0.2) is 14.1 Å². The van der Waals surface area contributed by atoms with Crippen LogP contribution in [0.3, 0.4) is 0 Å². The molecule has 1 saturated heterocycles. The summed E-state index contributed by atoms with van der Waals surface area (Å²) in [6.07, 6.45) is 9.16. The van der Waals surface area contributed by atoms with Gasteiger partial charge in [0.05, 0.1) is 55.8 Å². The predicted octanol–water partition coefficient (Wildman–Crippen LogP) is 3.60. The minimum absolute atomic E-state index is 0.0454. The first-order valence-corrected chi connectivity index (χ1v) is 12.5. The number of piperidine rings is 1. The van der Waals surface area contributed by atoms with Crippen LogP contribution in [0.15, 0.2) is 24.7 Å². The van der Waals surface area contributed by atoms with Gasteiger partial charge < -0.3 is 14.4 Å². The van der Waals surface area contributed by atoms with Crippen molar-refractivity contribution in [2.24, 2.45) is 5.41 Å². The highest BCUT2D eigenvalue weighted by molar-refractivity contribution is 5.76. The van der Waals surface area contributed by atoms with Crippen LogP contribution in [0.25, 0.3) is 16.9 Å². The lowest BCUT2D eigenvalue weighted by Crippen LogP contribution is -2.47. The molecular weight excluding hydrogens is 463 g/mol. The van der Waals surface area contributed by atoms with Crippen molar-refractivity contribution in [3.63, 3.8) is 0 Å². The second-order valence-electron chi connectivity index (χ2n) is 10.0. The second-order valence-corrected chi connectivity index (χ2v) is 10.0. The number of carbonyl (C=O) groups excluding carboxylic acids is 1. The number of fused-ring (bicyclic) bond motifs is 1. The number of ether oxygens (including phenoxy) is 2. The maximum Gasteiger partial charge on any atom is 0.250 e. The number of halogens is 1. The number of pyridine rings is 1. The fourth-order valence-corrected chi connectivity index (χ4v) is 5.77. The van der Waals surface area contributed by atoms with Crippen molar-refractivity contribution in [3.8, 4) is 22.8 Å². The van der Waals surface area contributed by atoms with Gasteiger partial charge in [0.15, 0.2) is 5.82 Å². The first-order valence-electron chi connectivity index (χ1n) is 12.5. The summed E-state index contributed by atoms with van der Waals surface area (Å²) >= 11 is 0. The highest BCUT2D eigenvalue weighted by Gasteiger charge is 2.40. The highest BCUT2D eigenvalue weighted by Crippen LogP contribution is 2.42. The van der Waals surface area contributed by atoms with E-state index in [2.05, 4.69) is 25.0 Å². The lowest BCUT2D eigenvalue weighted by molar-refractivity contribution is -0.136. The zero-order chi connectivity index (χ0) is 25.4. The molecule has 3 aromatic rings. The maximum atomic E-state index is 14.5. The van der Waals surface area contributed by atoms with Gasteiger partial charge in [-0.15, -0.1) is 0 Å². The van der Waals surface area contributed by atoms with E-state index in [1.807, 2.05) is 22.8 Å². The van der Waals surface area contributed by atoms with Crippen LogP contribution in [0.5, 0.6) is 5.88 Å². The molecule has 0 aliphatic carbocycles.